The number of para-hydroxylation sites is 1. The highest BCUT2D eigenvalue weighted by atomic mass is 16.6. The first-order valence-electron chi connectivity index (χ1n) is 7.26. The molecule has 0 aliphatic carbocycles. The summed E-state index contributed by atoms with van der Waals surface area (Å²) in [4.78, 5) is 24.0. The molecule has 0 bridgehead atoms. The van der Waals surface area contributed by atoms with E-state index < -0.39 is 4.92 Å². The van der Waals surface area contributed by atoms with Crippen molar-refractivity contribution >= 4 is 17.3 Å². The average molecular weight is 314 g/mol. The Morgan fingerprint density at radius 3 is 2.43 bits per heavy atom. The third-order valence-corrected chi connectivity index (χ3v) is 3.38. The lowest BCUT2D eigenvalue weighted by Gasteiger charge is -2.20. The Labute approximate surface area is 134 Å². The first-order chi connectivity index (χ1) is 11.0. The molecular weight excluding hydrogens is 296 g/mol. The van der Waals surface area contributed by atoms with Crippen molar-refractivity contribution in [2.24, 2.45) is 0 Å². The lowest BCUT2D eigenvalue weighted by atomic mass is 10.2. The summed E-state index contributed by atoms with van der Waals surface area (Å²) in [5.41, 5.74) is 0.960. The molecule has 0 radical (unpaired) electrons. The number of hydrogen-bond acceptors (Lipinski definition) is 4. The molecule has 2 aromatic rings. The highest BCUT2D eigenvalue weighted by Gasteiger charge is 2.26. The molecule has 120 valence electrons. The Hall–Kier alpha value is -2.89. The van der Waals surface area contributed by atoms with Crippen molar-refractivity contribution in [2.45, 2.75) is 20.5 Å². The van der Waals surface area contributed by atoms with Gasteiger partial charge < -0.3 is 9.64 Å². The Morgan fingerprint density at radius 1 is 1.17 bits per heavy atom. The Morgan fingerprint density at radius 2 is 1.87 bits per heavy atom. The third kappa shape index (κ3) is 3.85. The van der Waals surface area contributed by atoms with Crippen molar-refractivity contribution in [3.8, 4) is 5.75 Å². The first kappa shape index (κ1) is 16.5. The van der Waals surface area contributed by atoms with Crippen LogP contribution in [0.15, 0.2) is 48.5 Å². The topological polar surface area (TPSA) is 72.7 Å². The molecule has 0 heterocycles. The quantitative estimate of drug-likeness (QED) is 0.604. The molecule has 0 aliphatic heterocycles. The van der Waals surface area contributed by atoms with Gasteiger partial charge in [0.05, 0.1) is 4.92 Å². The first-order valence-corrected chi connectivity index (χ1v) is 7.26. The van der Waals surface area contributed by atoms with Gasteiger partial charge in [-0.3, -0.25) is 14.9 Å². The minimum Gasteiger partial charge on any atom is -0.482 e. The number of nitro groups is 1. The van der Waals surface area contributed by atoms with E-state index in [1.165, 1.54) is 11.8 Å². The molecule has 23 heavy (non-hydrogen) atoms. The van der Waals surface area contributed by atoms with Crippen molar-refractivity contribution in [1.29, 1.82) is 0 Å². The second-order valence-electron chi connectivity index (χ2n) is 4.92. The predicted octanol–water partition coefficient (Wildman–Crippen LogP) is 3.55. The molecule has 6 nitrogen and oxygen atoms in total. The summed E-state index contributed by atoms with van der Waals surface area (Å²) in [6.07, 6.45) is 0. The van der Waals surface area contributed by atoms with Gasteiger partial charge in [-0.15, -0.1) is 0 Å². The molecule has 0 saturated heterocycles. The maximum atomic E-state index is 11.7. The SMILES string of the molecule is CCN(C(C)=O)c1cccc(OCc2ccccc2)c1[N+](=O)[O-]. The van der Waals surface area contributed by atoms with Gasteiger partial charge in [-0.05, 0) is 24.6 Å². The largest absolute Gasteiger partial charge is 0.482 e. The van der Waals surface area contributed by atoms with Crippen LogP contribution >= 0.6 is 0 Å². The molecular formula is C17H18N2O4. The number of carbonyl (C=O) groups is 1. The standard InChI is InChI=1S/C17H18N2O4/c1-3-18(13(2)20)15-10-7-11-16(17(15)19(21)22)23-12-14-8-5-4-6-9-14/h4-11H,3,12H2,1-2H3. The van der Waals surface area contributed by atoms with E-state index in [9.17, 15) is 14.9 Å². The summed E-state index contributed by atoms with van der Waals surface area (Å²) in [5.74, 6) is -0.105. The maximum Gasteiger partial charge on any atom is 0.334 e. The number of ether oxygens (including phenoxy) is 1. The molecule has 0 aromatic heterocycles. The average Bonchev–Trinajstić information content (AvgIpc) is 2.54. The number of anilines is 1. The van der Waals surface area contributed by atoms with Gasteiger partial charge in [-0.25, -0.2) is 0 Å². The fraction of sp³-hybridized carbons (Fsp3) is 0.235. The fourth-order valence-corrected chi connectivity index (χ4v) is 2.33. The van der Waals surface area contributed by atoms with Gasteiger partial charge in [-0.1, -0.05) is 36.4 Å². The van der Waals surface area contributed by atoms with Crippen molar-refractivity contribution < 1.29 is 14.5 Å². The molecule has 0 saturated carbocycles. The van der Waals surface area contributed by atoms with Crippen molar-refractivity contribution in [3.63, 3.8) is 0 Å². The summed E-state index contributed by atoms with van der Waals surface area (Å²) in [6, 6.07) is 14.1. The zero-order valence-electron chi connectivity index (χ0n) is 13.1. The van der Waals surface area contributed by atoms with E-state index in [2.05, 4.69) is 0 Å². The van der Waals surface area contributed by atoms with Gasteiger partial charge in [0.25, 0.3) is 0 Å². The van der Waals surface area contributed by atoms with E-state index >= 15 is 0 Å². The van der Waals surface area contributed by atoms with E-state index in [0.29, 0.717) is 6.54 Å². The Bertz CT molecular complexity index is 701. The lowest BCUT2D eigenvalue weighted by molar-refractivity contribution is -0.385. The number of benzene rings is 2. The molecule has 0 atom stereocenters. The van der Waals surface area contributed by atoms with Crippen LogP contribution in [-0.2, 0) is 11.4 Å². The highest BCUT2D eigenvalue weighted by Crippen LogP contribution is 2.37. The fourth-order valence-electron chi connectivity index (χ4n) is 2.33. The van der Waals surface area contributed by atoms with E-state index in [0.717, 1.165) is 5.56 Å². The molecule has 2 rings (SSSR count). The Kier molecular flexibility index (Phi) is 5.30. The van der Waals surface area contributed by atoms with Crippen LogP contribution in [0.2, 0.25) is 0 Å². The van der Waals surface area contributed by atoms with Gasteiger partial charge in [-0.2, -0.15) is 0 Å². The van der Waals surface area contributed by atoms with Crippen LogP contribution in [0.1, 0.15) is 19.4 Å². The lowest BCUT2D eigenvalue weighted by Crippen LogP contribution is -2.28. The van der Waals surface area contributed by atoms with Crippen LogP contribution in [-0.4, -0.2) is 17.4 Å². The maximum absolute atomic E-state index is 11.7. The number of nitro benzene ring substituents is 1. The van der Waals surface area contributed by atoms with Crippen LogP contribution in [0, 0.1) is 10.1 Å². The van der Waals surface area contributed by atoms with Crippen LogP contribution in [0.5, 0.6) is 5.75 Å². The summed E-state index contributed by atoms with van der Waals surface area (Å²) >= 11 is 0. The highest BCUT2D eigenvalue weighted by molar-refractivity contribution is 5.94. The van der Waals surface area contributed by atoms with Crippen LogP contribution in [0.3, 0.4) is 0 Å². The number of carbonyl (C=O) groups excluding carboxylic acids is 1. The van der Waals surface area contributed by atoms with Gasteiger partial charge in [0.2, 0.25) is 5.91 Å². The third-order valence-electron chi connectivity index (χ3n) is 3.38. The summed E-state index contributed by atoms with van der Waals surface area (Å²) < 4.78 is 5.62. The summed E-state index contributed by atoms with van der Waals surface area (Å²) in [7, 11) is 0. The molecule has 1 amide bonds. The normalized spacial score (nSPS) is 10.2. The predicted molar refractivity (Wildman–Crippen MR) is 87.6 cm³/mol. The van der Waals surface area contributed by atoms with E-state index in [1.54, 1.807) is 25.1 Å². The van der Waals surface area contributed by atoms with Gasteiger partial charge >= 0.3 is 5.69 Å². The zero-order chi connectivity index (χ0) is 16.8. The van der Waals surface area contributed by atoms with E-state index in [-0.39, 0.29) is 29.6 Å². The number of amides is 1. The van der Waals surface area contributed by atoms with Crippen LogP contribution in [0.25, 0.3) is 0 Å². The second-order valence-corrected chi connectivity index (χ2v) is 4.92. The molecule has 6 heteroatoms. The van der Waals surface area contributed by atoms with Crippen LogP contribution in [0.4, 0.5) is 11.4 Å². The molecule has 0 N–H and O–H groups in total. The van der Waals surface area contributed by atoms with Crippen molar-refractivity contribution in [2.75, 3.05) is 11.4 Å². The minimum absolute atomic E-state index is 0.149. The minimum atomic E-state index is -0.513. The van der Waals surface area contributed by atoms with E-state index in [1.807, 2.05) is 30.3 Å². The number of rotatable bonds is 6. The molecule has 0 fully saturated rings. The zero-order valence-corrected chi connectivity index (χ0v) is 13.1. The number of hydrogen-bond donors (Lipinski definition) is 0. The second kappa shape index (κ2) is 7.40. The van der Waals surface area contributed by atoms with Crippen molar-refractivity contribution in [3.05, 3.63) is 64.2 Å². The Balaban J connectivity index is 2.36. The molecule has 0 spiro atoms. The van der Waals surface area contributed by atoms with Gasteiger partial charge in [0.1, 0.15) is 12.3 Å². The molecule has 0 unspecified atom stereocenters. The molecule has 0 aliphatic rings. The van der Waals surface area contributed by atoms with Crippen LogP contribution < -0.4 is 9.64 Å². The number of nitrogens with zero attached hydrogens (tertiary/aromatic N) is 2. The summed E-state index contributed by atoms with van der Waals surface area (Å²) in [5, 5.41) is 11.5. The van der Waals surface area contributed by atoms with E-state index in [4.69, 9.17) is 4.74 Å². The van der Waals surface area contributed by atoms with Crippen molar-refractivity contribution in [1.82, 2.24) is 0 Å². The smallest absolute Gasteiger partial charge is 0.334 e. The molecule has 2 aromatic carbocycles. The van der Waals surface area contributed by atoms with Gasteiger partial charge in [0, 0.05) is 13.5 Å². The summed E-state index contributed by atoms with van der Waals surface area (Å²) in [6.45, 7) is 3.71. The van der Waals surface area contributed by atoms with Gasteiger partial charge in [0.15, 0.2) is 5.75 Å². The monoisotopic (exact) mass is 314 g/mol.